The maximum absolute atomic E-state index is 11.4. The zero-order valence-electron chi connectivity index (χ0n) is 8.04. The summed E-state index contributed by atoms with van der Waals surface area (Å²) in [6, 6.07) is 4.00. The fourth-order valence-electron chi connectivity index (χ4n) is 0.872. The highest BCUT2D eigenvalue weighted by Gasteiger charge is 2.10. The van der Waals surface area contributed by atoms with Crippen LogP contribution >= 0.6 is 39.0 Å². The van der Waals surface area contributed by atoms with Crippen LogP contribution in [0.25, 0.3) is 0 Å². The summed E-state index contributed by atoms with van der Waals surface area (Å²) in [5, 5.41) is 2.92. The van der Waals surface area contributed by atoms with Crippen LogP contribution in [0, 0.1) is 0 Å². The van der Waals surface area contributed by atoms with Crippen molar-refractivity contribution < 1.29 is 4.79 Å². The predicted molar refractivity (Wildman–Crippen MR) is 66.8 cm³/mol. The second-order valence-electron chi connectivity index (χ2n) is 2.80. The van der Waals surface area contributed by atoms with E-state index in [4.69, 9.17) is 0 Å². The van der Waals surface area contributed by atoms with Crippen LogP contribution in [0.5, 0.6) is 0 Å². The fourth-order valence-corrected chi connectivity index (χ4v) is 2.59. The topological polar surface area (TPSA) is 29.1 Å². The Morgan fingerprint density at radius 2 is 2.43 bits per heavy atom. The monoisotopic (exact) mass is 293 g/mol. The Hall–Kier alpha value is -0.0000000000000000833. The van der Waals surface area contributed by atoms with Crippen molar-refractivity contribution in [1.29, 1.82) is 0 Å². The molecule has 0 aromatic carbocycles. The first kappa shape index (κ1) is 12.1. The number of hydrogen-bond donors (Lipinski definition) is 1. The first-order valence-electron chi connectivity index (χ1n) is 4.18. The van der Waals surface area contributed by atoms with Gasteiger partial charge in [-0.1, -0.05) is 0 Å². The Kier molecular flexibility index (Phi) is 4.98. The van der Waals surface area contributed by atoms with Gasteiger partial charge in [-0.15, -0.1) is 11.3 Å². The lowest BCUT2D eigenvalue weighted by Gasteiger charge is -2.08. The Labute approximate surface area is 101 Å². The number of hydrogen-bond acceptors (Lipinski definition) is 3. The van der Waals surface area contributed by atoms with Gasteiger partial charge in [-0.2, -0.15) is 11.8 Å². The van der Waals surface area contributed by atoms with Crippen LogP contribution < -0.4 is 5.32 Å². The molecule has 2 nitrogen and oxygen atoms in total. The summed E-state index contributed by atoms with van der Waals surface area (Å²) in [4.78, 5) is 12.6. The second-order valence-corrected chi connectivity index (χ2v) is 6.53. The van der Waals surface area contributed by atoms with E-state index in [0.29, 0.717) is 6.54 Å². The number of thiophene rings is 1. The van der Waals surface area contributed by atoms with Crippen LogP contribution in [0.1, 0.15) is 11.8 Å². The van der Waals surface area contributed by atoms with Gasteiger partial charge in [0.25, 0.3) is 0 Å². The minimum Gasteiger partial charge on any atom is -0.350 e. The largest absolute Gasteiger partial charge is 0.350 e. The smallest absolute Gasteiger partial charge is 0.233 e. The minimum atomic E-state index is 0.0263. The highest BCUT2D eigenvalue weighted by atomic mass is 79.9. The average Bonchev–Trinajstić information content (AvgIpc) is 2.59. The van der Waals surface area contributed by atoms with Gasteiger partial charge in [0, 0.05) is 4.88 Å². The second kappa shape index (κ2) is 5.78. The van der Waals surface area contributed by atoms with Gasteiger partial charge >= 0.3 is 0 Å². The number of amides is 1. The maximum Gasteiger partial charge on any atom is 0.233 e. The Bertz CT molecular complexity index is 314. The van der Waals surface area contributed by atoms with Crippen molar-refractivity contribution in [2.75, 3.05) is 6.26 Å². The van der Waals surface area contributed by atoms with Crippen LogP contribution in [0.15, 0.2) is 15.9 Å². The molecule has 0 unspecified atom stereocenters. The molecule has 1 rings (SSSR count). The van der Waals surface area contributed by atoms with Gasteiger partial charge in [-0.25, -0.2) is 0 Å². The summed E-state index contributed by atoms with van der Waals surface area (Å²) in [5.74, 6) is 0.0991. The maximum atomic E-state index is 11.4. The van der Waals surface area contributed by atoms with Crippen molar-refractivity contribution in [3.63, 3.8) is 0 Å². The normalized spacial score (nSPS) is 12.5. The Morgan fingerprint density at radius 1 is 1.71 bits per heavy atom. The molecule has 0 spiro atoms. The van der Waals surface area contributed by atoms with Crippen molar-refractivity contribution in [2.24, 2.45) is 0 Å². The molecule has 0 fully saturated rings. The van der Waals surface area contributed by atoms with Gasteiger partial charge < -0.3 is 5.32 Å². The third-order valence-corrected chi connectivity index (χ3v) is 4.33. The molecule has 1 atom stereocenters. The van der Waals surface area contributed by atoms with Crippen molar-refractivity contribution in [1.82, 2.24) is 5.32 Å². The number of nitrogens with one attached hydrogen (secondary N) is 1. The molecule has 78 valence electrons. The number of halogens is 1. The third-order valence-electron chi connectivity index (χ3n) is 1.79. The molecule has 1 aromatic rings. The van der Waals surface area contributed by atoms with Gasteiger partial charge in [0.15, 0.2) is 0 Å². The molecule has 5 heteroatoms. The average molecular weight is 294 g/mol. The summed E-state index contributed by atoms with van der Waals surface area (Å²) in [5.41, 5.74) is 0. The molecular formula is C9H12BrNOS2. The number of carbonyl (C=O) groups is 1. The Morgan fingerprint density at radius 3 is 2.93 bits per heavy atom. The van der Waals surface area contributed by atoms with Crippen LogP contribution in [-0.4, -0.2) is 17.4 Å². The fraction of sp³-hybridized carbons (Fsp3) is 0.444. The molecule has 0 radical (unpaired) electrons. The van der Waals surface area contributed by atoms with E-state index in [-0.39, 0.29) is 11.2 Å². The van der Waals surface area contributed by atoms with Crippen LogP contribution in [0.2, 0.25) is 0 Å². The van der Waals surface area contributed by atoms with Crippen LogP contribution in [0.3, 0.4) is 0 Å². The van der Waals surface area contributed by atoms with E-state index in [2.05, 4.69) is 21.2 Å². The van der Waals surface area contributed by atoms with Crippen LogP contribution in [0.4, 0.5) is 0 Å². The first-order chi connectivity index (χ1) is 6.63. The highest BCUT2D eigenvalue weighted by Crippen LogP contribution is 2.21. The molecular weight excluding hydrogens is 282 g/mol. The lowest BCUT2D eigenvalue weighted by atomic mass is 10.4. The predicted octanol–water partition coefficient (Wildman–Crippen LogP) is 2.88. The van der Waals surface area contributed by atoms with Gasteiger partial charge in [0.1, 0.15) is 0 Å². The molecule has 1 amide bonds. The number of thioether (sulfide) groups is 1. The van der Waals surface area contributed by atoms with Gasteiger partial charge in [-0.05, 0) is 41.2 Å². The van der Waals surface area contributed by atoms with Gasteiger partial charge in [0.2, 0.25) is 5.91 Å². The van der Waals surface area contributed by atoms with Gasteiger partial charge in [0.05, 0.1) is 15.6 Å². The molecule has 0 aliphatic rings. The third kappa shape index (κ3) is 3.63. The van der Waals surface area contributed by atoms with Crippen molar-refractivity contribution in [2.45, 2.75) is 18.7 Å². The quantitative estimate of drug-likeness (QED) is 0.925. The lowest BCUT2D eigenvalue weighted by molar-refractivity contribution is -0.120. The van der Waals surface area contributed by atoms with E-state index < -0.39 is 0 Å². The van der Waals surface area contributed by atoms with Gasteiger partial charge in [-0.3, -0.25) is 4.79 Å². The van der Waals surface area contributed by atoms with E-state index in [0.717, 1.165) is 3.79 Å². The molecule has 14 heavy (non-hydrogen) atoms. The molecule has 0 aliphatic carbocycles. The lowest BCUT2D eigenvalue weighted by Crippen LogP contribution is -2.29. The summed E-state index contributed by atoms with van der Waals surface area (Å²) >= 11 is 6.58. The van der Waals surface area contributed by atoms with E-state index in [1.54, 1.807) is 23.1 Å². The number of rotatable bonds is 4. The molecule has 1 aromatic heterocycles. The molecule has 1 heterocycles. The molecule has 1 N–H and O–H groups in total. The molecule has 0 saturated carbocycles. The number of carbonyl (C=O) groups excluding carboxylic acids is 1. The van der Waals surface area contributed by atoms with E-state index in [9.17, 15) is 4.79 Å². The summed E-state index contributed by atoms with van der Waals surface area (Å²) in [6.45, 7) is 2.53. The zero-order valence-corrected chi connectivity index (χ0v) is 11.3. The summed E-state index contributed by atoms with van der Waals surface area (Å²) in [7, 11) is 0. The molecule has 0 saturated heterocycles. The molecule has 0 bridgehead atoms. The zero-order chi connectivity index (χ0) is 10.6. The van der Waals surface area contributed by atoms with Crippen molar-refractivity contribution in [3.8, 4) is 0 Å². The van der Waals surface area contributed by atoms with E-state index in [1.165, 1.54) is 4.88 Å². The van der Waals surface area contributed by atoms with E-state index in [1.807, 2.05) is 25.3 Å². The SMILES string of the molecule is CS[C@H](C)C(=O)NCc1ccc(Br)s1. The summed E-state index contributed by atoms with van der Waals surface area (Å²) in [6.07, 6.45) is 1.94. The van der Waals surface area contributed by atoms with Crippen molar-refractivity contribution >= 4 is 44.9 Å². The Balaban J connectivity index is 2.37. The summed E-state index contributed by atoms with van der Waals surface area (Å²) < 4.78 is 1.10. The minimum absolute atomic E-state index is 0.0263. The van der Waals surface area contributed by atoms with Crippen LogP contribution in [-0.2, 0) is 11.3 Å². The van der Waals surface area contributed by atoms with E-state index >= 15 is 0 Å². The van der Waals surface area contributed by atoms with Crippen molar-refractivity contribution in [3.05, 3.63) is 20.8 Å². The molecule has 0 aliphatic heterocycles. The first-order valence-corrected chi connectivity index (χ1v) is 7.08. The standard InChI is InChI=1S/C9H12BrNOS2/c1-6(13-2)9(12)11-5-7-3-4-8(10)14-7/h3-4,6H,5H2,1-2H3,(H,11,12)/t6-/m1/s1. The highest BCUT2D eigenvalue weighted by molar-refractivity contribution is 9.11.